The largest absolute Gasteiger partial charge is 0.337 e. The maximum Gasteiger partial charge on any atom is 0.315 e. The number of benzene rings is 1. The molecule has 3 aliphatic rings. The summed E-state index contributed by atoms with van der Waals surface area (Å²) in [6, 6.07) is 11.7. The van der Waals surface area contributed by atoms with E-state index in [9.17, 15) is 4.79 Å². The molecule has 2 atom stereocenters. The fourth-order valence-electron chi connectivity index (χ4n) is 4.14. The number of carbonyl (C=O) groups is 1. The molecule has 2 N–H and O–H groups in total. The van der Waals surface area contributed by atoms with Crippen LogP contribution in [0.1, 0.15) is 45.1 Å². The van der Waals surface area contributed by atoms with Crippen LogP contribution in [0.3, 0.4) is 0 Å². The molecule has 4 heteroatoms. The molecule has 124 valence electrons. The van der Waals surface area contributed by atoms with Gasteiger partial charge in [-0.2, -0.15) is 0 Å². The lowest BCUT2D eigenvalue weighted by Crippen LogP contribution is -2.56. The molecule has 2 amide bonds. The van der Waals surface area contributed by atoms with Gasteiger partial charge in [-0.25, -0.2) is 4.79 Å². The first-order valence-electron chi connectivity index (χ1n) is 8.89. The summed E-state index contributed by atoms with van der Waals surface area (Å²) in [7, 11) is 0. The highest BCUT2D eigenvalue weighted by Crippen LogP contribution is 2.62. The summed E-state index contributed by atoms with van der Waals surface area (Å²) in [4.78, 5) is 15.0. The van der Waals surface area contributed by atoms with Crippen LogP contribution >= 0.6 is 0 Å². The molecule has 1 aromatic rings. The Morgan fingerprint density at radius 1 is 1.22 bits per heavy atom. The van der Waals surface area contributed by atoms with Crippen LogP contribution in [-0.2, 0) is 5.54 Å². The van der Waals surface area contributed by atoms with Crippen LogP contribution in [0.4, 0.5) is 4.79 Å². The second-order valence-electron chi connectivity index (χ2n) is 8.08. The zero-order valence-corrected chi connectivity index (χ0v) is 14.1. The Hall–Kier alpha value is -1.55. The van der Waals surface area contributed by atoms with Gasteiger partial charge < -0.3 is 10.6 Å². The summed E-state index contributed by atoms with van der Waals surface area (Å²) in [6.45, 7) is 6.43. The Labute approximate surface area is 138 Å². The van der Waals surface area contributed by atoms with Crippen molar-refractivity contribution >= 4 is 6.03 Å². The predicted molar refractivity (Wildman–Crippen MR) is 91.2 cm³/mol. The smallest absolute Gasteiger partial charge is 0.315 e. The predicted octanol–water partition coefficient (Wildman–Crippen LogP) is 2.85. The van der Waals surface area contributed by atoms with Gasteiger partial charge >= 0.3 is 6.03 Å². The number of carbonyl (C=O) groups excluding carboxylic acids is 1. The molecule has 2 aliphatic carbocycles. The van der Waals surface area contributed by atoms with Gasteiger partial charge in [-0.15, -0.1) is 0 Å². The maximum absolute atomic E-state index is 12.5. The van der Waals surface area contributed by atoms with E-state index in [4.69, 9.17) is 0 Å². The average Bonchev–Trinajstić information content (AvgIpc) is 3.38. The Bertz CT molecular complexity index is 596. The third-order valence-corrected chi connectivity index (χ3v) is 6.03. The van der Waals surface area contributed by atoms with Crippen LogP contribution in [0, 0.1) is 5.41 Å². The van der Waals surface area contributed by atoms with E-state index < -0.39 is 0 Å². The maximum atomic E-state index is 12.5. The van der Waals surface area contributed by atoms with Crippen LogP contribution < -0.4 is 10.6 Å². The number of rotatable bonds is 5. The number of likely N-dealkylation sites (tertiary alicyclic amines) is 1. The summed E-state index contributed by atoms with van der Waals surface area (Å²) in [5, 5.41) is 6.38. The Kier molecular flexibility index (Phi) is 3.41. The number of nitrogens with zero attached hydrogens (tertiary/aromatic N) is 1. The highest BCUT2D eigenvalue weighted by molar-refractivity contribution is 5.76. The molecule has 1 saturated heterocycles. The first-order valence-corrected chi connectivity index (χ1v) is 8.89. The van der Waals surface area contributed by atoms with E-state index in [2.05, 4.69) is 41.5 Å². The van der Waals surface area contributed by atoms with Crippen molar-refractivity contribution in [3.8, 4) is 0 Å². The van der Waals surface area contributed by atoms with E-state index in [1.165, 1.54) is 31.4 Å². The van der Waals surface area contributed by atoms with Gasteiger partial charge in [-0.1, -0.05) is 44.2 Å². The second kappa shape index (κ2) is 5.23. The van der Waals surface area contributed by atoms with E-state index in [1.807, 2.05) is 18.2 Å². The number of hydrogen-bond acceptors (Lipinski definition) is 2. The van der Waals surface area contributed by atoms with Gasteiger partial charge in [0.2, 0.25) is 0 Å². The monoisotopic (exact) mass is 313 g/mol. The summed E-state index contributed by atoms with van der Waals surface area (Å²) in [6.07, 6.45) is 4.89. The minimum Gasteiger partial charge on any atom is -0.337 e. The van der Waals surface area contributed by atoms with Crippen molar-refractivity contribution in [2.24, 2.45) is 5.41 Å². The molecular formula is C19H27N3O. The van der Waals surface area contributed by atoms with Crippen molar-refractivity contribution in [3.63, 3.8) is 0 Å². The number of hydrogen-bond donors (Lipinski definition) is 2. The van der Waals surface area contributed by atoms with Crippen LogP contribution in [-0.4, -0.2) is 36.1 Å². The highest BCUT2D eigenvalue weighted by Gasteiger charge is 2.63. The van der Waals surface area contributed by atoms with Gasteiger partial charge in [0, 0.05) is 25.2 Å². The fraction of sp³-hybridized carbons (Fsp3) is 0.632. The molecule has 2 unspecified atom stereocenters. The zero-order chi connectivity index (χ0) is 16.1. The molecule has 1 aromatic carbocycles. The first-order chi connectivity index (χ1) is 11.0. The normalized spacial score (nSPS) is 32.0. The van der Waals surface area contributed by atoms with Gasteiger partial charge in [0.1, 0.15) is 0 Å². The molecule has 0 spiro atoms. The number of amides is 2. The van der Waals surface area contributed by atoms with Gasteiger partial charge in [0.15, 0.2) is 0 Å². The molecule has 4 nitrogen and oxygen atoms in total. The lowest BCUT2D eigenvalue weighted by molar-refractivity contribution is 0.0821. The van der Waals surface area contributed by atoms with Crippen LogP contribution in [0.25, 0.3) is 0 Å². The van der Waals surface area contributed by atoms with E-state index in [0.29, 0.717) is 6.04 Å². The van der Waals surface area contributed by atoms with Gasteiger partial charge in [0.05, 0.1) is 5.54 Å². The first kappa shape index (κ1) is 15.0. The van der Waals surface area contributed by atoms with Crippen LogP contribution in [0.15, 0.2) is 30.3 Å². The fourth-order valence-corrected chi connectivity index (χ4v) is 4.14. The Balaban J connectivity index is 1.35. The van der Waals surface area contributed by atoms with Gasteiger partial charge in [-0.05, 0) is 36.7 Å². The lowest BCUT2D eigenvalue weighted by atomic mass is 9.96. The van der Waals surface area contributed by atoms with Crippen molar-refractivity contribution in [1.82, 2.24) is 15.5 Å². The van der Waals surface area contributed by atoms with Crippen molar-refractivity contribution in [3.05, 3.63) is 35.9 Å². The van der Waals surface area contributed by atoms with Crippen molar-refractivity contribution in [2.75, 3.05) is 13.1 Å². The second-order valence-corrected chi connectivity index (χ2v) is 8.08. The van der Waals surface area contributed by atoms with E-state index >= 15 is 0 Å². The van der Waals surface area contributed by atoms with Gasteiger partial charge in [0.25, 0.3) is 0 Å². The minimum absolute atomic E-state index is 0.0259. The topological polar surface area (TPSA) is 44.4 Å². The molecule has 4 rings (SSSR count). The van der Waals surface area contributed by atoms with E-state index in [-0.39, 0.29) is 17.0 Å². The molecule has 0 aromatic heterocycles. The van der Waals surface area contributed by atoms with Crippen molar-refractivity contribution < 1.29 is 4.79 Å². The SMILES string of the molecule is CC1(C)CC1(NC(=O)NCC1CCN1C1CC1)c1ccccc1. The van der Waals surface area contributed by atoms with Gasteiger partial charge in [-0.3, -0.25) is 4.90 Å². The van der Waals surface area contributed by atoms with E-state index in [0.717, 1.165) is 19.0 Å². The van der Waals surface area contributed by atoms with Crippen LogP contribution in [0.2, 0.25) is 0 Å². The highest BCUT2D eigenvalue weighted by atomic mass is 16.2. The molecule has 0 radical (unpaired) electrons. The average molecular weight is 313 g/mol. The number of nitrogens with one attached hydrogen (secondary N) is 2. The Morgan fingerprint density at radius 3 is 2.43 bits per heavy atom. The third kappa shape index (κ3) is 2.63. The summed E-state index contributed by atoms with van der Waals surface area (Å²) in [5.74, 6) is 0. The zero-order valence-electron chi connectivity index (χ0n) is 14.1. The summed E-state index contributed by atoms with van der Waals surface area (Å²) >= 11 is 0. The molecule has 3 fully saturated rings. The molecule has 0 bridgehead atoms. The lowest BCUT2D eigenvalue weighted by Gasteiger charge is -2.41. The summed E-state index contributed by atoms with van der Waals surface area (Å²) in [5.41, 5.74) is 1.11. The summed E-state index contributed by atoms with van der Waals surface area (Å²) < 4.78 is 0. The van der Waals surface area contributed by atoms with E-state index in [1.54, 1.807) is 0 Å². The molecule has 23 heavy (non-hydrogen) atoms. The quantitative estimate of drug-likeness (QED) is 0.878. The van der Waals surface area contributed by atoms with Crippen molar-refractivity contribution in [1.29, 1.82) is 0 Å². The Morgan fingerprint density at radius 2 is 1.91 bits per heavy atom. The minimum atomic E-state index is -0.214. The standard InChI is InChI=1S/C19H27N3O/c1-18(2)13-19(18,14-6-4-3-5-7-14)21-17(23)20-12-16-10-11-22(16)15-8-9-15/h3-7,15-16H,8-13H2,1-2H3,(H2,20,21,23). The number of urea groups is 1. The molecule has 2 saturated carbocycles. The third-order valence-electron chi connectivity index (χ3n) is 6.03. The molecule has 1 aliphatic heterocycles. The molecular weight excluding hydrogens is 286 g/mol. The molecule has 1 heterocycles. The van der Waals surface area contributed by atoms with Crippen LogP contribution in [0.5, 0.6) is 0 Å². The van der Waals surface area contributed by atoms with Crippen molar-refractivity contribution in [2.45, 2.75) is 57.2 Å².